The fraction of sp³-hybridized carbons (Fsp3) is 0.350. The molecule has 0 atom stereocenters. The molecule has 0 unspecified atom stereocenters. The Morgan fingerprint density at radius 3 is 2.52 bits per heavy atom. The molecule has 2 aromatic rings. The number of benzene rings is 2. The number of rotatable bonds is 10. The summed E-state index contributed by atoms with van der Waals surface area (Å²) < 4.78 is 36.3. The predicted molar refractivity (Wildman–Crippen MR) is 114 cm³/mol. The molecule has 0 heterocycles. The molecule has 0 radical (unpaired) electrons. The van der Waals surface area contributed by atoms with Crippen LogP contribution in [0.25, 0.3) is 0 Å². The maximum atomic E-state index is 12.3. The molecule has 0 aliphatic carbocycles. The van der Waals surface area contributed by atoms with Gasteiger partial charge < -0.3 is 14.8 Å². The van der Waals surface area contributed by atoms with Crippen LogP contribution in [0.15, 0.2) is 42.5 Å². The summed E-state index contributed by atoms with van der Waals surface area (Å²) in [6.45, 7) is 4.29. The average Bonchev–Trinajstić information content (AvgIpc) is 2.65. The first kappa shape index (κ1) is 22.8. The number of anilines is 1. The molecule has 2 aromatic carbocycles. The highest BCUT2D eigenvalue weighted by Crippen LogP contribution is 2.23. The van der Waals surface area contributed by atoms with Crippen LogP contribution in [0.2, 0.25) is 5.02 Å². The highest BCUT2D eigenvalue weighted by Gasteiger charge is 2.21. The predicted octanol–water partition coefficient (Wildman–Crippen LogP) is 3.01. The molecular formula is C20H25ClN2O5S. The average molecular weight is 441 g/mol. The lowest BCUT2D eigenvalue weighted by atomic mass is 10.2. The number of nitrogens with one attached hydrogen (secondary N) is 1. The van der Waals surface area contributed by atoms with Gasteiger partial charge in [0.2, 0.25) is 15.9 Å². The number of nitrogens with zero attached hydrogens (tertiary/aromatic N) is 1. The van der Waals surface area contributed by atoms with Gasteiger partial charge in [0.05, 0.1) is 25.1 Å². The first-order chi connectivity index (χ1) is 13.7. The maximum absolute atomic E-state index is 12.3. The van der Waals surface area contributed by atoms with Crippen molar-refractivity contribution >= 4 is 33.2 Å². The molecule has 29 heavy (non-hydrogen) atoms. The summed E-state index contributed by atoms with van der Waals surface area (Å²) in [4.78, 5) is 12.3. The van der Waals surface area contributed by atoms with Crippen LogP contribution in [0.4, 0.5) is 5.69 Å². The lowest BCUT2D eigenvalue weighted by Gasteiger charge is -2.22. The molecule has 0 saturated heterocycles. The van der Waals surface area contributed by atoms with E-state index in [4.69, 9.17) is 21.1 Å². The van der Waals surface area contributed by atoms with Crippen molar-refractivity contribution < 1.29 is 22.7 Å². The Hall–Kier alpha value is -2.45. The summed E-state index contributed by atoms with van der Waals surface area (Å²) in [5.41, 5.74) is 1.31. The first-order valence-electron chi connectivity index (χ1n) is 9.07. The van der Waals surface area contributed by atoms with Crippen LogP contribution in [0.5, 0.6) is 11.5 Å². The minimum absolute atomic E-state index is 0.223. The van der Waals surface area contributed by atoms with E-state index in [1.165, 1.54) is 0 Å². The molecule has 158 valence electrons. The molecule has 1 N–H and O–H groups in total. The molecule has 2 rings (SSSR count). The van der Waals surface area contributed by atoms with E-state index in [9.17, 15) is 13.2 Å². The van der Waals surface area contributed by atoms with Gasteiger partial charge in [0.1, 0.15) is 24.7 Å². The maximum Gasteiger partial charge on any atom is 0.240 e. The van der Waals surface area contributed by atoms with Crippen molar-refractivity contribution in [2.24, 2.45) is 0 Å². The van der Waals surface area contributed by atoms with E-state index < -0.39 is 15.9 Å². The summed E-state index contributed by atoms with van der Waals surface area (Å²) in [6.07, 6.45) is 1.05. The van der Waals surface area contributed by atoms with Crippen molar-refractivity contribution in [1.82, 2.24) is 5.32 Å². The third-order valence-corrected chi connectivity index (χ3v) is 5.49. The zero-order chi connectivity index (χ0) is 21.4. The fourth-order valence-corrected chi connectivity index (χ4v) is 3.52. The third kappa shape index (κ3) is 7.14. The number of sulfonamides is 1. The molecule has 0 aliphatic heterocycles. The van der Waals surface area contributed by atoms with Gasteiger partial charge >= 0.3 is 0 Å². The minimum atomic E-state index is -3.66. The fourth-order valence-electron chi connectivity index (χ4n) is 2.50. The van der Waals surface area contributed by atoms with E-state index in [1.54, 1.807) is 36.4 Å². The quantitative estimate of drug-likeness (QED) is 0.574. The Balaban J connectivity index is 1.93. The zero-order valence-corrected chi connectivity index (χ0v) is 18.2. The number of carbonyl (C=O) groups excluding carboxylic acids is 1. The summed E-state index contributed by atoms with van der Waals surface area (Å²) in [5, 5.41) is 3.26. The number of hydrogen-bond donors (Lipinski definition) is 1. The van der Waals surface area contributed by atoms with Crippen LogP contribution >= 0.6 is 11.6 Å². The number of halogens is 1. The monoisotopic (exact) mass is 440 g/mol. The van der Waals surface area contributed by atoms with Gasteiger partial charge in [-0.2, -0.15) is 0 Å². The number of ether oxygens (including phenoxy) is 2. The van der Waals surface area contributed by atoms with Crippen molar-refractivity contribution in [1.29, 1.82) is 0 Å². The molecule has 0 bridgehead atoms. The van der Waals surface area contributed by atoms with Crippen LogP contribution in [-0.4, -0.2) is 46.9 Å². The van der Waals surface area contributed by atoms with Crippen LogP contribution in [0, 0.1) is 6.92 Å². The van der Waals surface area contributed by atoms with E-state index in [0.717, 1.165) is 16.1 Å². The summed E-state index contributed by atoms with van der Waals surface area (Å²) in [7, 11) is -3.66. The lowest BCUT2D eigenvalue weighted by molar-refractivity contribution is -0.119. The van der Waals surface area contributed by atoms with Crippen LogP contribution in [-0.2, 0) is 14.8 Å². The largest absolute Gasteiger partial charge is 0.494 e. The Labute approximate surface area is 176 Å². The van der Waals surface area contributed by atoms with E-state index in [0.29, 0.717) is 28.8 Å². The van der Waals surface area contributed by atoms with Crippen molar-refractivity contribution in [3.05, 3.63) is 53.1 Å². The summed E-state index contributed by atoms with van der Waals surface area (Å²) in [6, 6.07) is 11.9. The topological polar surface area (TPSA) is 84.9 Å². The second-order valence-corrected chi connectivity index (χ2v) is 8.62. The van der Waals surface area contributed by atoms with Gasteiger partial charge in [0, 0.05) is 11.1 Å². The molecule has 0 fully saturated rings. The van der Waals surface area contributed by atoms with E-state index in [1.807, 2.05) is 19.9 Å². The van der Waals surface area contributed by atoms with Crippen molar-refractivity contribution in [2.45, 2.75) is 13.8 Å². The highest BCUT2D eigenvalue weighted by molar-refractivity contribution is 7.92. The SMILES string of the molecule is CCOc1cccc(N(CC(=O)NCCOc2ccc(C)c(Cl)c2)S(C)(=O)=O)c1. The van der Waals surface area contributed by atoms with Gasteiger partial charge in [-0.25, -0.2) is 8.42 Å². The lowest BCUT2D eigenvalue weighted by Crippen LogP contribution is -2.41. The van der Waals surface area contributed by atoms with Crippen LogP contribution in [0.3, 0.4) is 0 Å². The van der Waals surface area contributed by atoms with Crippen molar-refractivity contribution in [2.75, 3.05) is 36.9 Å². The van der Waals surface area contributed by atoms with Gasteiger partial charge in [-0.05, 0) is 43.7 Å². The van der Waals surface area contributed by atoms with Crippen molar-refractivity contribution in [3.63, 3.8) is 0 Å². The normalized spacial score (nSPS) is 11.0. The Morgan fingerprint density at radius 1 is 1.14 bits per heavy atom. The minimum Gasteiger partial charge on any atom is -0.494 e. The smallest absolute Gasteiger partial charge is 0.240 e. The third-order valence-electron chi connectivity index (χ3n) is 3.94. The van der Waals surface area contributed by atoms with Gasteiger partial charge in [0.25, 0.3) is 0 Å². The van der Waals surface area contributed by atoms with Gasteiger partial charge in [-0.15, -0.1) is 0 Å². The van der Waals surface area contributed by atoms with E-state index in [2.05, 4.69) is 5.32 Å². The number of aryl methyl sites for hydroxylation is 1. The van der Waals surface area contributed by atoms with Gasteiger partial charge in [0.15, 0.2) is 0 Å². The van der Waals surface area contributed by atoms with Crippen molar-refractivity contribution in [3.8, 4) is 11.5 Å². The second kappa shape index (κ2) is 10.4. The van der Waals surface area contributed by atoms with E-state index >= 15 is 0 Å². The first-order valence-corrected chi connectivity index (χ1v) is 11.3. The molecule has 0 aromatic heterocycles. The molecule has 0 aliphatic rings. The van der Waals surface area contributed by atoms with Crippen LogP contribution < -0.4 is 19.1 Å². The number of carbonyl (C=O) groups is 1. The summed E-state index contributed by atoms with van der Waals surface area (Å²) in [5.74, 6) is 0.687. The molecule has 1 amide bonds. The standard InChI is InChI=1S/C20H25ClN2O5S/c1-4-27-17-7-5-6-16(12-17)23(29(3,25)26)14-20(24)22-10-11-28-18-9-8-15(2)19(21)13-18/h5-9,12-13H,4,10-11,14H2,1-3H3,(H,22,24). The Bertz CT molecular complexity index is 950. The Morgan fingerprint density at radius 2 is 1.86 bits per heavy atom. The number of amides is 1. The van der Waals surface area contributed by atoms with E-state index in [-0.39, 0.29) is 19.7 Å². The highest BCUT2D eigenvalue weighted by atomic mass is 35.5. The molecule has 9 heteroatoms. The van der Waals surface area contributed by atoms with Gasteiger partial charge in [-0.3, -0.25) is 9.10 Å². The Kier molecular flexibility index (Phi) is 8.16. The number of hydrogen-bond acceptors (Lipinski definition) is 5. The van der Waals surface area contributed by atoms with Crippen LogP contribution in [0.1, 0.15) is 12.5 Å². The molecule has 0 spiro atoms. The zero-order valence-electron chi connectivity index (χ0n) is 16.6. The van der Waals surface area contributed by atoms with Gasteiger partial charge in [-0.1, -0.05) is 23.7 Å². The molecular weight excluding hydrogens is 416 g/mol. The molecule has 7 nitrogen and oxygen atoms in total. The molecule has 0 saturated carbocycles. The summed E-state index contributed by atoms with van der Waals surface area (Å²) >= 11 is 6.05. The second-order valence-electron chi connectivity index (χ2n) is 6.31.